The molecule has 0 bridgehead atoms. The lowest BCUT2D eigenvalue weighted by molar-refractivity contribution is 0.0931. The van der Waals surface area contributed by atoms with Crippen LogP contribution in [0.15, 0.2) is 18.2 Å². The smallest absolute Gasteiger partial charge is 0.255 e. The number of rotatable bonds is 4. The molecule has 94 valence electrons. The molecule has 1 aromatic carbocycles. The van der Waals surface area contributed by atoms with Crippen LogP contribution in [-0.4, -0.2) is 42.6 Å². The fraction of sp³-hybridized carbons (Fsp3) is 0.417. The fourth-order valence-corrected chi connectivity index (χ4v) is 1.76. The van der Waals surface area contributed by atoms with Crippen molar-refractivity contribution in [3.05, 3.63) is 28.8 Å². The van der Waals surface area contributed by atoms with E-state index in [9.17, 15) is 9.90 Å². The quantitative estimate of drug-likeness (QED) is 0.863. The number of nitrogens with zero attached hydrogens (tertiary/aromatic N) is 1. The lowest BCUT2D eigenvalue weighted by Crippen LogP contribution is -2.39. The highest BCUT2D eigenvalue weighted by atomic mass is 35.5. The molecule has 0 saturated carbocycles. The van der Waals surface area contributed by atoms with Crippen LogP contribution in [0.2, 0.25) is 5.02 Å². The number of carbonyl (C=O) groups excluding carboxylic acids is 1. The molecule has 0 aliphatic rings. The Morgan fingerprint density at radius 1 is 1.53 bits per heavy atom. The molecule has 0 radical (unpaired) electrons. The van der Waals surface area contributed by atoms with Gasteiger partial charge in [0.2, 0.25) is 0 Å². The van der Waals surface area contributed by atoms with Crippen LogP contribution in [-0.2, 0) is 0 Å². The largest absolute Gasteiger partial charge is 0.507 e. The van der Waals surface area contributed by atoms with E-state index in [0.717, 1.165) is 6.54 Å². The Bertz CT molecular complexity index is 407. The third kappa shape index (κ3) is 4.24. The SMILES string of the molecule is CC(CN(C)C)NC(=O)c1cc(Cl)ccc1O. The second-order valence-corrected chi connectivity index (χ2v) is 4.73. The first-order valence-corrected chi connectivity index (χ1v) is 5.72. The Morgan fingerprint density at radius 2 is 2.18 bits per heavy atom. The van der Waals surface area contributed by atoms with E-state index in [2.05, 4.69) is 5.32 Å². The first-order chi connectivity index (χ1) is 7.90. The average molecular weight is 257 g/mol. The highest BCUT2D eigenvalue weighted by molar-refractivity contribution is 6.31. The number of phenols is 1. The summed E-state index contributed by atoms with van der Waals surface area (Å²) in [5.74, 6) is -0.386. The lowest BCUT2D eigenvalue weighted by atomic mass is 10.1. The van der Waals surface area contributed by atoms with Crippen LogP contribution in [0.4, 0.5) is 0 Å². The molecule has 2 N–H and O–H groups in total. The molecule has 1 aromatic rings. The molecule has 0 saturated heterocycles. The summed E-state index contributed by atoms with van der Waals surface area (Å²) in [5, 5.41) is 12.8. The minimum atomic E-state index is -0.320. The van der Waals surface area contributed by atoms with Crippen molar-refractivity contribution in [2.45, 2.75) is 13.0 Å². The number of amides is 1. The standard InChI is InChI=1S/C12H17ClN2O2/c1-8(7-15(2)3)14-12(17)10-6-9(13)4-5-11(10)16/h4-6,8,16H,7H2,1-3H3,(H,14,17). The molecular weight excluding hydrogens is 240 g/mol. The van der Waals surface area contributed by atoms with E-state index in [1.807, 2.05) is 25.9 Å². The number of carbonyl (C=O) groups is 1. The van der Waals surface area contributed by atoms with Gasteiger partial charge in [-0.05, 0) is 39.2 Å². The zero-order chi connectivity index (χ0) is 13.0. The molecular formula is C12H17ClN2O2. The maximum Gasteiger partial charge on any atom is 0.255 e. The van der Waals surface area contributed by atoms with Crippen molar-refractivity contribution in [2.24, 2.45) is 0 Å². The number of hydrogen-bond acceptors (Lipinski definition) is 3. The second-order valence-electron chi connectivity index (χ2n) is 4.30. The van der Waals surface area contributed by atoms with E-state index >= 15 is 0 Å². The Kier molecular flexibility index (Phi) is 4.78. The summed E-state index contributed by atoms with van der Waals surface area (Å²) in [6.45, 7) is 2.63. The van der Waals surface area contributed by atoms with Crippen molar-refractivity contribution < 1.29 is 9.90 Å². The molecule has 4 nitrogen and oxygen atoms in total. The Morgan fingerprint density at radius 3 is 2.76 bits per heavy atom. The van der Waals surface area contributed by atoms with Gasteiger partial charge in [-0.15, -0.1) is 0 Å². The van der Waals surface area contributed by atoms with Crippen LogP contribution in [0.1, 0.15) is 17.3 Å². The minimum absolute atomic E-state index is 0.00381. The van der Waals surface area contributed by atoms with E-state index in [-0.39, 0.29) is 23.3 Å². The van der Waals surface area contributed by atoms with Gasteiger partial charge in [-0.25, -0.2) is 0 Å². The van der Waals surface area contributed by atoms with Crippen molar-refractivity contribution >= 4 is 17.5 Å². The number of aromatic hydroxyl groups is 1. The van der Waals surface area contributed by atoms with Crippen LogP contribution >= 0.6 is 11.6 Å². The van der Waals surface area contributed by atoms with Crippen LogP contribution in [0, 0.1) is 0 Å². The predicted octanol–water partition coefficient (Wildman–Crippen LogP) is 1.73. The number of benzene rings is 1. The molecule has 0 fully saturated rings. The first kappa shape index (κ1) is 13.8. The highest BCUT2D eigenvalue weighted by Gasteiger charge is 2.14. The number of halogens is 1. The molecule has 0 aliphatic heterocycles. The molecule has 0 spiro atoms. The van der Waals surface area contributed by atoms with E-state index in [1.54, 1.807) is 0 Å². The molecule has 1 amide bonds. The van der Waals surface area contributed by atoms with Crippen LogP contribution in [0.5, 0.6) is 5.75 Å². The fourth-order valence-electron chi connectivity index (χ4n) is 1.59. The zero-order valence-electron chi connectivity index (χ0n) is 10.2. The summed E-state index contributed by atoms with van der Waals surface area (Å²) in [7, 11) is 3.86. The topological polar surface area (TPSA) is 52.6 Å². The lowest BCUT2D eigenvalue weighted by Gasteiger charge is -2.18. The summed E-state index contributed by atoms with van der Waals surface area (Å²) in [5.41, 5.74) is 0.197. The minimum Gasteiger partial charge on any atom is -0.507 e. The maximum atomic E-state index is 11.9. The van der Waals surface area contributed by atoms with Gasteiger partial charge in [-0.3, -0.25) is 4.79 Å². The van der Waals surface area contributed by atoms with E-state index in [1.165, 1.54) is 18.2 Å². The van der Waals surface area contributed by atoms with Crippen LogP contribution in [0.3, 0.4) is 0 Å². The number of hydrogen-bond donors (Lipinski definition) is 2. The van der Waals surface area contributed by atoms with Gasteiger partial charge < -0.3 is 15.3 Å². The molecule has 0 aromatic heterocycles. The van der Waals surface area contributed by atoms with Gasteiger partial charge in [0.1, 0.15) is 5.75 Å². The van der Waals surface area contributed by atoms with Crippen molar-refractivity contribution in [2.75, 3.05) is 20.6 Å². The molecule has 1 atom stereocenters. The average Bonchev–Trinajstić information content (AvgIpc) is 2.20. The summed E-state index contributed by atoms with van der Waals surface area (Å²) in [6.07, 6.45) is 0. The molecule has 1 rings (SSSR count). The Hall–Kier alpha value is -1.26. The van der Waals surface area contributed by atoms with Gasteiger partial charge in [-0.1, -0.05) is 11.6 Å². The van der Waals surface area contributed by atoms with Gasteiger partial charge in [0.25, 0.3) is 5.91 Å². The summed E-state index contributed by atoms with van der Waals surface area (Å²) >= 11 is 5.78. The number of nitrogens with one attached hydrogen (secondary N) is 1. The molecule has 0 aliphatic carbocycles. The van der Waals surface area contributed by atoms with E-state index in [4.69, 9.17) is 11.6 Å². The summed E-state index contributed by atoms with van der Waals surface area (Å²) < 4.78 is 0. The van der Waals surface area contributed by atoms with Crippen molar-refractivity contribution in [1.29, 1.82) is 0 Å². The third-order valence-electron chi connectivity index (χ3n) is 2.22. The van der Waals surface area contributed by atoms with Gasteiger partial charge in [0.05, 0.1) is 5.56 Å². The normalized spacial score (nSPS) is 12.5. The first-order valence-electron chi connectivity index (χ1n) is 5.34. The van der Waals surface area contributed by atoms with Crippen molar-refractivity contribution in [3.8, 4) is 5.75 Å². The zero-order valence-corrected chi connectivity index (χ0v) is 11.0. The molecule has 5 heteroatoms. The molecule has 0 heterocycles. The Balaban J connectivity index is 2.73. The highest BCUT2D eigenvalue weighted by Crippen LogP contribution is 2.21. The van der Waals surface area contributed by atoms with Gasteiger partial charge in [-0.2, -0.15) is 0 Å². The monoisotopic (exact) mass is 256 g/mol. The van der Waals surface area contributed by atoms with Crippen molar-refractivity contribution in [1.82, 2.24) is 10.2 Å². The molecule has 17 heavy (non-hydrogen) atoms. The van der Waals surface area contributed by atoms with E-state index < -0.39 is 0 Å². The maximum absolute atomic E-state index is 11.9. The predicted molar refractivity (Wildman–Crippen MR) is 68.6 cm³/mol. The van der Waals surface area contributed by atoms with E-state index in [0.29, 0.717) is 5.02 Å². The second kappa shape index (κ2) is 5.89. The molecule has 1 unspecified atom stereocenters. The number of likely N-dealkylation sites (N-methyl/N-ethyl adjacent to an activating group) is 1. The third-order valence-corrected chi connectivity index (χ3v) is 2.45. The van der Waals surface area contributed by atoms with Gasteiger partial charge in [0.15, 0.2) is 0 Å². The summed E-state index contributed by atoms with van der Waals surface area (Å²) in [4.78, 5) is 13.8. The van der Waals surface area contributed by atoms with Gasteiger partial charge in [0, 0.05) is 17.6 Å². The van der Waals surface area contributed by atoms with Crippen LogP contribution in [0.25, 0.3) is 0 Å². The number of phenolic OH excluding ortho intramolecular Hbond substituents is 1. The Labute approximate surface area is 106 Å². The van der Waals surface area contributed by atoms with Gasteiger partial charge >= 0.3 is 0 Å². The summed E-state index contributed by atoms with van der Waals surface area (Å²) in [6, 6.07) is 4.40. The van der Waals surface area contributed by atoms with Crippen LogP contribution < -0.4 is 5.32 Å². The van der Waals surface area contributed by atoms with Crippen molar-refractivity contribution in [3.63, 3.8) is 0 Å².